The van der Waals surface area contributed by atoms with E-state index < -0.39 is 17.3 Å². The minimum absolute atomic E-state index is 0.233. The Balaban J connectivity index is 1.77. The lowest BCUT2D eigenvalue weighted by molar-refractivity contribution is -0.274. The van der Waals surface area contributed by atoms with Crippen molar-refractivity contribution in [2.45, 2.75) is 30.0 Å². The van der Waals surface area contributed by atoms with Crippen LogP contribution in [0.1, 0.15) is 16.7 Å². The molecule has 0 aromatic heterocycles. The average Bonchev–Trinajstić information content (AvgIpc) is 2.99. The average molecular weight is 401 g/mol. The molecule has 1 aliphatic heterocycles. The van der Waals surface area contributed by atoms with Crippen LogP contribution in [0.2, 0.25) is 0 Å². The van der Waals surface area contributed by atoms with Gasteiger partial charge < -0.3 is 4.74 Å². The molecular formula is C22H18F3NOS. The second kappa shape index (κ2) is 7.02. The number of hydrogen-bond acceptors (Lipinski definition) is 2. The van der Waals surface area contributed by atoms with Crippen molar-refractivity contribution < 1.29 is 17.9 Å². The number of nitrogens with zero attached hydrogens (tertiary/aromatic N) is 1. The monoisotopic (exact) mass is 401 g/mol. The maximum absolute atomic E-state index is 12.4. The largest absolute Gasteiger partial charge is 0.573 e. The summed E-state index contributed by atoms with van der Waals surface area (Å²) in [5.41, 5.74) is 4.07. The fourth-order valence-corrected chi connectivity index (χ4v) is 5.99. The zero-order valence-electron chi connectivity index (χ0n) is 15.3. The standard InChI is InChI=1S/C22H18F3NOS/c1-14-11-15(2)13-18(12-14)28-20-6-4-3-5-19(20)26-21(28)16-7-9-17(10-8-16)27-22(23,24)25/h3-13,28H,1-2H3. The number of halogens is 3. The zero-order chi connectivity index (χ0) is 19.9. The summed E-state index contributed by atoms with van der Waals surface area (Å²) in [5, 5.41) is 0.889. The summed E-state index contributed by atoms with van der Waals surface area (Å²) < 4.78 is 41.3. The predicted octanol–water partition coefficient (Wildman–Crippen LogP) is 6.71. The van der Waals surface area contributed by atoms with E-state index in [9.17, 15) is 13.2 Å². The molecule has 144 valence electrons. The normalized spacial score (nSPS) is 17.2. The maximum atomic E-state index is 12.4. The number of benzene rings is 3. The first-order valence-electron chi connectivity index (χ1n) is 8.72. The molecule has 0 radical (unpaired) electrons. The van der Waals surface area contributed by atoms with Crippen LogP contribution in [-0.4, -0.2) is 11.4 Å². The van der Waals surface area contributed by atoms with Crippen molar-refractivity contribution >= 4 is 21.6 Å². The van der Waals surface area contributed by atoms with Gasteiger partial charge in [-0.3, -0.25) is 0 Å². The minimum Gasteiger partial charge on any atom is -0.406 e. The lowest BCUT2D eigenvalue weighted by atomic mass is 10.2. The van der Waals surface area contributed by atoms with Crippen LogP contribution < -0.4 is 4.74 Å². The number of aryl methyl sites for hydroxylation is 2. The van der Waals surface area contributed by atoms with Gasteiger partial charge in [-0.2, -0.15) is 10.9 Å². The van der Waals surface area contributed by atoms with Gasteiger partial charge in [-0.1, -0.05) is 18.2 Å². The third kappa shape index (κ3) is 3.78. The van der Waals surface area contributed by atoms with Crippen LogP contribution in [0, 0.1) is 13.8 Å². The zero-order valence-corrected chi connectivity index (χ0v) is 16.2. The number of aliphatic imine (C=N–C) groups is 1. The van der Waals surface area contributed by atoms with Gasteiger partial charge in [0, 0.05) is 10.5 Å². The minimum atomic E-state index is -4.70. The van der Waals surface area contributed by atoms with E-state index in [-0.39, 0.29) is 5.75 Å². The summed E-state index contributed by atoms with van der Waals surface area (Å²) in [4.78, 5) is 7.17. The molecule has 2 nitrogen and oxygen atoms in total. The Bertz CT molecular complexity index is 1040. The molecule has 0 aliphatic carbocycles. The van der Waals surface area contributed by atoms with Gasteiger partial charge >= 0.3 is 6.36 Å². The summed E-state index contributed by atoms with van der Waals surface area (Å²) >= 11 is 0. The Hall–Kier alpha value is -2.73. The number of ether oxygens (including phenoxy) is 1. The number of hydrogen-bond donors (Lipinski definition) is 1. The fourth-order valence-electron chi connectivity index (χ4n) is 3.37. The van der Waals surface area contributed by atoms with E-state index in [0.29, 0.717) is 0 Å². The summed E-state index contributed by atoms with van der Waals surface area (Å²) in [6, 6.07) is 20.4. The smallest absolute Gasteiger partial charge is 0.406 e. The molecule has 0 fully saturated rings. The molecule has 1 unspecified atom stereocenters. The van der Waals surface area contributed by atoms with E-state index in [4.69, 9.17) is 4.99 Å². The Morgan fingerprint density at radius 2 is 1.50 bits per heavy atom. The van der Waals surface area contributed by atoms with Gasteiger partial charge in [-0.15, -0.1) is 13.2 Å². The van der Waals surface area contributed by atoms with Crippen molar-refractivity contribution in [1.29, 1.82) is 0 Å². The Kier molecular flexibility index (Phi) is 4.67. The number of para-hydroxylation sites is 1. The SMILES string of the molecule is Cc1cc(C)cc([SH]2C(c3ccc(OC(F)(F)F)cc3)=Nc3ccccc32)c1. The molecular weight excluding hydrogens is 383 g/mol. The van der Waals surface area contributed by atoms with Gasteiger partial charge in [-0.25, -0.2) is 4.99 Å². The predicted molar refractivity (Wildman–Crippen MR) is 107 cm³/mol. The molecule has 28 heavy (non-hydrogen) atoms. The van der Waals surface area contributed by atoms with Crippen LogP contribution in [0.3, 0.4) is 0 Å². The van der Waals surface area contributed by atoms with Gasteiger partial charge in [0.25, 0.3) is 0 Å². The number of fused-ring (bicyclic) bond motifs is 1. The maximum Gasteiger partial charge on any atom is 0.573 e. The third-order valence-electron chi connectivity index (χ3n) is 4.37. The molecule has 4 rings (SSSR count). The molecule has 3 aromatic rings. The van der Waals surface area contributed by atoms with E-state index in [2.05, 4.69) is 42.8 Å². The van der Waals surface area contributed by atoms with Crippen LogP contribution in [-0.2, 0) is 0 Å². The van der Waals surface area contributed by atoms with Gasteiger partial charge in [0.2, 0.25) is 0 Å². The van der Waals surface area contributed by atoms with Crippen LogP contribution in [0.15, 0.2) is 81.5 Å². The highest BCUT2D eigenvalue weighted by molar-refractivity contribution is 8.30. The van der Waals surface area contributed by atoms with E-state index in [1.54, 1.807) is 12.1 Å². The van der Waals surface area contributed by atoms with Crippen molar-refractivity contribution in [3.05, 3.63) is 83.4 Å². The first-order chi connectivity index (χ1) is 13.3. The van der Waals surface area contributed by atoms with Crippen LogP contribution in [0.4, 0.5) is 18.9 Å². The third-order valence-corrected chi connectivity index (χ3v) is 6.79. The quantitative estimate of drug-likeness (QED) is 0.484. The summed E-state index contributed by atoms with van der Waals surface area (Å²) in [6.45, 7) is 4.13. The molecule has 1 atom stereocenters. The van der Waals surface area contributed by atoms with Crippen molar-refractivity contribution in [3.8, 4) is 5.75 Å². The Morgan fingerprint density at radius 3 is 2.14 bits per heavy atom. The van der Waals surface area contributed by atoms with E-state index in [1.165, 1.54) is 28.2 Å². The summed E-state index contributed by atoms with van der Waals surface area (Å²) in [6.07, 6.45) is -4.70. The number of thiol groups is 1. The summed E-state index contributed by atoms with van der Waals surface area (Å²) in [7, 11) is -0.878. The number of alkyl halides is 3. The molecule has 1 aliphatic rings. The first kappa shape index (κ1) is 18.6. The second-order valence-electron chi connectivity index (χ2n) is 6.68. The van der Waals surface area contributed by atoms with Crippen LogP contribution in [0.5, 0.6) is 5.75 Å². The molecule has 3 aromatic carbocycles. The topological polar surface area (TPSA) is 21.6 Å². The fraction of sp³-hybridized carbons (Fsp3) is 0.136. The lowest BCUT2D eigenvalue weighted by Crippen LogP contribution is -2.17. The number of rotatable bonds is 3. The van der Waals surface area contributed by atoms with E-state index >= 15 is 0 Å². The molecule has 0 spiro atoms. The van der Waals surface area contributed by atoms with Crippen LogP contribution >= 0.6 is 10.9 Å². The van der Waals surface area contributed by atoms with Gasteiger partial charge in [0.15, 0.2) is 0 Å². The van der Waals surface area contributed by atoms with Crippen molar-refractivity contribution in [1.82, 2.24) is 0 Å². The lowest BCUT2D eigenvalue weighted by Gasteiger charge is -2.21. The molecule has 6 heteroatoms. The molecule has 0 bridgehead atoms. The molecule has 0 saturated carbocycles. The van der Waals surface area contributed by atoms with Gasteiger partial charge in [0.05, 0.1) is 10.7 Å². The van der Waals surface area contributed by atoms with E-state index in [1.807, 2.05) is 18.2 Å². The Morgan fingerprint density at radius 1 is 0.857 bits per heavy atom. The van der Waals surface area contributed by atoms with Crippen LogP contribution in [0.25, 0.3) is 0 Å². The highest BCUT2D eigenvalue weighted by atomic mass is 32.2. The van der Waals surface area contributed by atoms with Crippen molar-refractivity contribution in [2.24, 2.45) is 4.99 Å². The Labute approximate surface area is 164 Å². The van der Waals surface area contributed by atoms with Gasteiger partial charge in [-0.05, 0) is 78.4 Å². The first-order valence-corrected chi connectivity index (χ1v) is 10.1. The van der Waals surface area contributed by atoms with Gasteiger partial charge in [0.1, 0.15) is 5.75 Å². The molecule has 0 amide bonds. The highest BCUT2D eigenvalue weighted by Gasteiger charge is 2.31. The highest BCUT2D eigenvalue weighted by Crippen LogP contribution is 2.56. The van der Waals surface area contributed by atoms with Crippen molar-refractivity contribution in [2.75, 3.05) is 0 Å². The molecule has 1 heterocycles. The molecule has 0 saturated heterocycles. The summed E-state index contributed by atoms with van der Waals surface area (Å²) in [5.74, 6) is -0.233. The molecule has 0 N–H and O–H groups in total. The second-order valence-corrected chi connectivity index (χ2v) is 8.77. The van der Waals surface area contributed by atoms with Crippen molar-refractivity contribution in [3.63, 3.8) is 0 Å². The van der Waals surface area contributed by atoms with E-state index in [0.717, 1.165) is 21.2 Å².